The van der Waals surface area contributed by atoms with Crippen molar-refractivity contribution in [3.05, 3.63) is 23.8 Å². The normalized spacial score (nSPS) is 12.8. The summed E-state index contributed by atoms with van der Waals surface area (Å²) < 4.78 is 13.2. The number of phenolic OH excluding ortho intramolecular Hbond substituents is 2. The Morgan fingerprint density at radius 2 is 2.08 bits per heavy atom. The number of nitrogens with one attached hydrogen (secondary N) is 1. The monoisotopic (exact) mass is 185 g/mol. The molecule has 3 nitrogen and oxygen atoms in total. The standard InChI is InChI=1S/C9H12FNO2/c1-11-5-7(10)6-2-3-8(12)9(13)4-6/h2-4,7,11-13H,5H2,1H3. The number of hydrogen-bond donors (Lipinski definition) is 3. The summed E-state index contributed by atoms with van der Waals surface area (Å²) in [6.07, 6.45) is -1.17. The number of likely N-dealkylation sites (N-methyl/N-ethyl adjacent to an activating group) is 1. The first kappa shape index (κ1) is 9.80. The molecule has 72 valence electrons. The number of halogens is 1. The molecule has 0 aliphatic heterocycles. The van der Waals surface area contributed by atoms with E-state index in [0.29, 0.717) is 5.56 Å². The molecular formula is C9H12FNO2. The summed E-state index contributed by atoms with van der Waals surface area (Å²) in [7, 11) is 1.65. The molecule has 1 aromatic rings. The summed E-state index contributed by atoms with van der Waals surface area (Å²) in [5.74, 6) is -0.531. The molecule has 1 unspecified atom stereocenters. The second-order valence-corrected chi connectivity index (χ2v) is 2.77. The van der Waals surface area contributed by atoms with Gasteiger partial charge >= 0.3 is 0 Å². The topological polar surface area (TPSA) is 52.5 Å². The number of hydrogen-bond acceptors (Lipinski definition) is 3. The predicted molar refractivity (Wildman–Crippen MR) is 47.5 cm³/mol. The zero-order chi connectivity index (χ0) is 9.84. The highest BCUT2D eigenvalue weighted by Gasteiger charge is 2.10. The van der Waals surface area contributed by atoms with E-state index in [9.17, 15) is 4.39 Å². The largest absolute Gasteiger partial charge is 0.504 e. The lowest BCUT2D eigenvalue weighted by Gasteiger charge is -2.08. The van der Waals surface area contributed by atoms with Gasteiger partial charge in [0.2, 0.25) is 0 Å². The number of benzene rings is 1. The highest BCUT2D eigenvalue weighted by Crippen LogP contribution is 2.28. The average Bonchev–Trinajstić information content (AvgIpc) is 2.10. The maximum absolute atomic E-state index is 13.2. The Hall–Kier alpha value is -1.29. The lowest BCUT2D eigenvalue weighted by Crippen LogP contribution is -2.13. The average molecular weight is 185 g/mol. The molecule has 0 bridgehead atoms. The smallest absolute Gasteiger partial charge is 0.157 e. The van der Waals surface area contributed by atoms with Crippen LogP contribution in [0.1, 0.15) is 11.7 Å². The van der Waals surface area contributed by atoms with Crippen molar-refractivity contribution in [3.8, 4) is 11.5 Å². The molecule has 0 saturated heterocycles. The van der Waals surface area contributed by atoms with Crippen molar-refractivity contribution in [2.45, 2.75) is 6.17 Å². The Kier molecular flexibility index (Phi) is 3.08. The Balaban J connectivity index is 2.84. The third kappa shape index (κ3) is 2.32. The molecule has 0 fully saturated rings. The van der Waals surface area contributed by atoms with Gasteiger partial charge in [0.05, 0.1) is 0 Å². The van der Waals surface area contributed by atoms with Gasteiger partial charge in [0.25, 0.3) is 0 Å². The molecule has 3 N–H and O–H groups in total. The minimum Gasteiger partial charge on any atom is -0.504 e. The highest BCUT2D eigenvalue weighted by atomic mass is 19.1. The van der Waals surface area contributed by atoms with E-state index in [-0.39, 0.29) is 18.0 Å². The first-order valence-electron chi connectivity index (χ1n) is 3.95. The fourth-order valence-corrected chi connectivity index (χ4v) is 1.03. The summed E-state index contributed by atoms with van der Waals surface area (Å²) in [6, 6.07) is 3.93. The molecule has 13 heavy (non-hydrogen) atoms. The third-order valence-electron chi connectivity index (χ3n) is 1.74. The van der Waals surface area contributed by atoms with Crippen molar-refractivity contribution in [1.82, 2.24) is 5.32 Å². The molecule has 0 heterocycles. The van der Waals surface area contributed by atoms with Crippen LogP contribution in [0.4, 0.5) is 4.39 Å². The van der Waals surface area contributed by atoms with E-state index in [4.69, 9.17) is 10.2 Å². The maximum Gasteiger partial charge on any atom is 0.157 e. The van der Waals surface area contributed by atoms with E-state index in [2.05, 4.69) is 5.32 Å². The van der Waals surface area contributed by atoms with Crippen LogP contribution in [0.2, 0.25) is 0 Å². The van der Waals surface area contributed by atoms with Crippen LogP contribution in [-0.4, -0.2) is 23.8 Å². The Morgan fingerprint density at radius 1 is 1.38 bits per heavy atom. The minimum atomic E-state index is -1.17. The predicted octanol–water partition coefficient (Wildman–Crippen LogP) is 1.33. The van der Waals surface area contributed by atoms with E-state index in [1.165, 1.54) is 18.2 Å². The summed E-state index contributed by atoms with van der Waals surface area (Å²) in [6.45, 7) is 0.185. The molecule has 0 spiro atoms. The molecule has 0 aromatic heterocycles. The van der Waals surface area contributed by atoms with E-state index >= 15 is 0 Å². The first-order valence-corrected chi connectivity index (χ1v) is 3.95. The van der Waals surface area contributed by atoms with Crippen LogP contribution in [0.15, 0.2) is 18.2 Å². The summed E-state index contributed by atoms with van der Waals surface area (Å²) in [4.78, 5) is 0. The number of rotatable bonds is 3. The molecule has 0 aliphatic rings. The van der Waals surface area contributed by atoms with Gasteiger partial charge in [-0.05, 0) is 24.7 Å². The molecular weight excluding hydrogens is 173 g/mol. The van der Waals surface area contributed by atoms with Gasteiger partial charge in [0, 0.05) is 6.54 Å². The van der Waals surface area contributed by atoms with Gasteiger partial charge in [-0.3, -0.25) is 0 Å². The van der Waals surface area contributed by atoms with Crippen molar-refractivity contribution < 1.29 is 14.6 Å². The third-order valence-corrected chi connectivity index (χ3v) is 1.74. The van der Waals surface area contributed by atoms with Crippen LogP contribution in [0.5, 0.6) is 11.5 Å². The van der Waals surface area contributed by atoms with Crippen LogP contribution >= 0.6 is 0 Å². The lowest BCUT2D eigenvalue weighted by atomic mass is 10.1. The first-order chi connectivity index (χ1) is 6.15. The quantitative estimate of drug-likeness (QED) is 0.622. The summed E-state index contributed by atoms with van der Waals surface area (Å²) in [5.41, 5.74) is 0.352. The summed E-state index contributed by atoms with van der Waals surface area (Å²) >= 11 is 0. The van der Waals surface area contributed by atoms with E-state index < -0.39 is 6.17 Å². The van der Waals surface area contributed by atoms with E-state index in [1.54, 1.807) is 7.05 Å². The van der Waals surface area contributed by atoms with Crippen LogP contribution in [0, 0.1) is 0 Å². The van der Waals surface area contributed by atoms with Crippen molar-refractivity contribution >= 4 is 0 Å². The Bertz CT molecular complexity index is 291. The maximum atomic E-state index is 13.2. The van der Waals surface area contributed by atoms with Gasteiger partial charge in [-0.2, -0.15) is 0 Å². The SMILES string of the molecule is CNCC(F)c1ccc(O)c(O)c1. The second kappa shape index (κ2) is 4.09. The van der Waals surface area contributed by atoms with Crippen LogP contribution in [0.3, 0.4) is 0 Å². The number of aromatic hydroxyl groups is 2. The molecule has 1 aromatic carbocycles. The van der Waals surface area contributed by atoms with Crippen LogP contribution in [-0.2, 0) is 0 Å². The van der Waals surface area contributed by atoms with E-state index in [1.807, 2.05) is 0 Å². The van der Waals surface area contributed by atoms with Gasteiger partial charge in [0.1, 0.15) is 6.17 Å². The van der Waals surface area contributed by atoms with Crippen LogP contribution in [0.25, 0.3) is 0 Å². The Morgan fingerprint density at radius 3 is 2.62 bits per heavy atom. The zero-order valence-corrected chi connectivity index (χ0v) is 7.29. The molecule has 0 radical (unpaired) electrons. The number of phenols is 2. The highest BCUT2D eigenvalue weighted by molar-refractivity contribution is 5.41. The lowest BCUT2D eigenvalue weighted by molar-refractivity contribution is 0.332. The molecule has 0 saturated carbocycles. The molecule has 0 amide bonds. The van der Waals surface area contributed by atoms with Gasteiger partial charge in [-0.25, -0.2) is 4.39 Å². The van der Waals surface area contributed by atoms with Crippen molar-refractivity contribution in [2.24, 2.45) is 0 Å². The minimum absolute atomic E-state index is 0.185. The van der Waals surface area contributed by atoms with Gasteiger partial charge in [-0.1, -0.05) is 6.07 Å². The summed E-state index contributed by atoms with van der Waals surface area (Å²) in [5, 5.41) is 20.7. The molecule has 4 heteroatoms. The van der Waals surface area contributed by atoms with Crippen molar-refractivity contribution in [3.63, 3.8) is 0 Å². The Labute approximate surface area is 75.8 Å². The van der Waals surface area contributed by atoms with E-state index in [0.717, 1.165) is 0 Å². The van der Waals surface area contributed by atoms with Crippen molar-refractivity contribution in [1.29, 1.82) is 0 Å². The second-order valence-electron chi connectivity index (χ2n) is 2.77. The van der Waals surface area contributed by atoms with Gasteiger partial charge < -0.3 is 15.5 Å². The molecule has 1 rings (SSSR count). The van der Waals surface area contributed by atoms with Crippen LogP contribution < -0.4 is 5.32 Å². The van der Waals surface area contributed by atoms with Gasteiger partial charge in [0.15, 0.2) is 11.5 Å². The number of alkyl halides is 1. The molecule has 0 aliphatic carbocycles. The van der Waals surface area contributed by atoms with Crippen molar-refractivity contribution in [2.75, 3.05) is 13.6 Å². The fourth-order valence-electron chi connectivity index (χ4n) is 1.03. The van der Waals surface area contributed by atoms with Gasteiger partial charge in [-0.15, -0.1) is 0 Å². The molecule has 1 atom stereocenters. The fraction of sp³-hybridized carbons (Fsp3) is 0.333. The zero-order valence-electron chi connectivity index (χ0n) is 7.29.